The summed E-state index contributed by atoms with van der Waals surface area (Å²) in [5, 5.41) is 13.9. The minimum absolute atomic E-state index is 0.308. The summed E-state index contributed by atoms with van der Waals surface area (Å²) in [6.45, 7) is 3.18. The van der Waals surface area contributed by atoms with Gasteiger partial charge in [0.2, 0.25) is 4.96 Å². The molecule has 0 unspecified atom stereocenters. The average Bonchev–Trinajstić information content (AvgIpc) is 3.33. The van der Waals surface area contributed by atoms with E-state index < -0.39 is 0 Å². The van der Waals surface area contributed by atoms with E-state index in [0.29, 0.717) is 47.9 Å². The highest BCUT2D eigenvalue weighted by Crippen LogP contribution is 2.35. The van der Waals surface area contributed by atoms with Crippen LogP contribution in [0.3, 0.4) is 0 Å². The van der Waals surface area contributed by atoms with E-state index in [9.17, 15) is 0 Å². The zero-order chi connectivity index (χ0) is 19.6. The van der Waals surface area contributed by atoms with Crippen LogP contribution in [-0.2, 0) is 6.61 Å². The van der Waals surface area contributed by atoms with Crippen molar-refractivity contribution < 1.29 is 18.9 Å². The van der Waals surface area contributed by atoms with Gasteiger partial charge in [0, 0.05) is 0 Å². The van der Waals surface area contributed by atoms with Crippen LogP contribution in [0, 0.1) is 0 Å². The lowest BCUT2D eigenvalue weighted by atomic mass is 10.2. The number of rotatable bonds is 6. The molecule has 0 amide bonds. The molecule has 0 saturated carbocycles. The van der Waals surface area contributed by atoms with Crippen LogP contribution >= 0.6 is 11.3 Å². The predicted octanol–water partition coefficient (Wildman–Crippen LogP) is 3.68. The first-order chi connectivity index (χ1) is 14.3. The van der Waals surface area contributed by atoms with Gasteiger partial charge in [-0.2, -0.15) is 9.61 Å². The molecular weight excluding hydrogens is 392 g/mol. The molecule has 9 heteroatoms. The second kappa shape index (κ2) is 7.59. The normalized spacial score (nSPS) is 15.4. The number of fused-ring (bicyclic) bond motifs is 2. The van der Waals surface area contributed by atoms with E-state index in [2.05, 4.69) is 15.3 Å². The smallest absolute Gasteiger partial charge is 0.234 e. The summed E-state index contributed by atoms with van der Waals surface area (Å²) in [6, 6.07) is 15.1. The van der Waals surface area contributed by atoms with Crippen molar-refractivity contribution in [3.05, 3.63) is 59.4 Å². The van der Waals surface area contributed by atoms with Crippen LogP contribution in [0.25, 0.3) is 4.96 Å². The molecule has 3 heterocycles. The summed E-state index contributed by atoms with van der Waals surface area (Å²) in [6.07, 6.45) is -0.380. The van der Waals surface area contributed by atoms with Gasteiger partial charge >= 0.3 is 0 Å². The molecule has 29 heavy (non-hydrogen) atoms. The van der Waals surface area contributed by atoms with Crippen LogP contribution in [0.1, 0.15) is 23.9 Å². The maximum absolute atomic E-state index is 6.03. The van der Waals surface area contributed by atoms with Crippen molar-refractivity contribution in [1.29, 1.82) is 0 Å². The topological polar surface area (TPSA) is 80.0 Å². The zero-order valence-electron chi connectivity index (χ0n) is 15.6. The summed E-state index contributed by atoms with van der Waals surface area (Å²) >= 11 is 1.42. The number of para-hydroxylation sites is 4. The number of aromatic nitrogens is 4. The number of hydrogen-bond donors (Lipinski definition) is 0. The Balaban J connectivity index is 1.34. The van der Waals surface area contributed by atoms with Gasteiger partial charge in [-0.15, -0.1) is 10.2 Å². The summed E-state index contributed by atoms with van der Waals surface area (Å²) in [5.41, 5.74) is 0. The molecule has 8 nitrogen and oxygen atoms in total. The summed E-state index contributed by atoms with van der Waals surface area (Å²) in [5.74, 6) is 3.41. The summed E-state index contributed by atoms with van der Waals surface area (Å²) < 4.78 is 25.0. The van der Waals surface area contributed by atoms with Crippen molar-refractivity contribution in [2.75, 3.05) is 13.2 Å². The van der Waals surface area contributed by atoms with Gasteiger partial charge in [0.15, 0.2) is 39.9 Å². The Morgan fingerprint density at radius 1 is 1.03 bits per heavy atom. The Morgan fingerprint density at radius 3 is 2.62 bits per heavy atom. The largest absolute Gasteiger partial charge is 0.490 e. The Bertz CT molecular complexity index is 1140. The monoisotopic (exact) mass is 410 g/mol. The maximum atomic E-state index is 6.03. The van der Waals surface area contributed by atoms with Crippen molar-refractivity contribution in [2.45, 2.75) is 19.6 Å². The molecule has 5 rings (SSSR count). The number of nitrogens with zero attached hydrogens (tertiary/aromatic N) is 4. The summed E-state index contributed by atoms with van der Waals surface area (Å²) in [7, 11) is 0. The molecule has 0 saturated heterocycles. The lowest BCUT2D eigenvalue weighted by Gasteiger charge is -2.24. The molecule has 1 atom stereocenters. The molecule has 2 aromatic heterocycles. The molecule has 1 aliphatic rings. The average molecular weight is 410 g/mol. The van der Waals surface area contributed by atoms with Gasteiger partial charge in [0.05, 0.1) is 6.61 Å². The molecule has 0 fully saturated rings. The molecule has 4 aromatic rings. The molecule has 2 aromatic carbocycles. The first-order valence-electron chi connectivity index (χ1n) is 9.26. The van der Waals surface area contributed by atoms with Gasteiger partial charge < -0.3 is 18.9 Å². The predicted molar refractivity (Wildman–Crippen MR) is 106 cm³/mol. The van der Waals surface area contributed by atoms with Crippen molar-refractivity contribution in [3.8, 4) is 23.0 Å². The lowest BCUT2D eigenvalue weighted by molar-refractivity contribution is 0.0835. The fourth-order valence-electron chi connectivity index (χ4n) is 3.06. The number of benzene rings is 2. The fraction of sp³-hybridized carbons (Fsp3) is 0.250. The van der Waals surface area contributed by atoms with Crippen LogP contribution < -0.4 is 18.9 Å². The molecule has 0 spiro atoms. The third kappa shape index (κ3) is 3.44. The van der Waals surface area contributed by atoms with Crippen LogP contribution in [0.15, 0.2) is 48.5 Å². The van der Waals surface area contributed by atoms with E-state index in [4.69, 9.17) is 18.9 Å². The van der Waals surface area contributed by atoms with Crippen LogP contribution in [0.5, 0.6) is 23.0 Å². The molecule has 1 aliphatic heterocycles. The van der Waals surface area contributed by atoms with Crippen molar-refractivity contribution >= 4 is 16.3 Å². The highest BCUT2D eigenvalue weighted by molar-refractivity contribution is 7.16. The van der Waals surface area contributed by atoms with E-state index in [0.717, 1.165) is 10.8 Å². The standard InChI is InChI=1S/C20H18N4O4S/c1-2-25-13-7-3-4-8-14(13)27-12-18-23-24-19(21-22-20(24)29-18)17-11-26-15-9-5-6-10-16(15)28-17/h3-10,17H,2,11-12H2,1H3/t17-/m0/s1. The van der Waals surface area contributed by atoms with E-state index in [-0.39, 0.29) is 6.10 Å². The van der Waals surface area contributed by atoms with Gasteiger partial charge in [0.1, 0.15) is 13.2 Å². The Morgan fingerprint density at radius 2 is 1.79 bits per heavy atom. The number of ether oxygens (including phenoxy) is 4. The van der Waals surface area contributed by atoms with E-state index in [1.807, 2.05) is 55.5 Å². The van der Waals surface area contributed by atoms with Crippen molar-refractivity contribution in [1.82, 2.24) is 19.8 Å². The van der Waals surface area contributed by atoms with Gasteiger partial charge in [-0.3, -0.25) is 0 Å². The minimum Gasteiger partial charge on any atom is -0.490 e. The Hall–Kier alpha value is -3.33. The SMILES string of the molecule is CCOc1ccccc1OCc1nn2c([C@@H]3COc4ccccc4O3)nnc2s1. The number of hydrogen-bond acceptors (Lipinski definition) is 8. The molecule has 0 radical (unpaired) electrons. The van der Waals surface area contributed by atoms with Crippen molar-refractivity contribution in [3.63, 3.8) is 0 Å². The van der Waals surface area contributed by atoms with Gasteiger partial charge in [-0.05, 0) is 31.2 Å². The summed E-state index contributed by atoms with van der Waals surface area (Å²) in [4.78, 5) is 0.680. The van der Waals surface area contributed by atoms with Crippen LogP contribution in [0.2, 0.25) is 0 Å². The molecule has 0 N–H and O–H groups in total. The van der Waals surface area contributed by atoms with Crippen LogP contribution in [0.4, 0.5) is 0 Å². The van der Waals surface area contributed by atoms with Gasteiger partial charge in [-0.25, -0.2) is 0 Å². The molecule has 0 aliphatic carbocycles. The Labute approximate surface area is 170 Å². The third-order valence-electron chi connectivity index (χ3n) is 4.35. The van der Waals surface area contributed by atoms with E-state index in [1.165, 1.54) is 11.3 Å². The fourth-order valence-corrected chi connectivity index (χ4v) is 3.81. The quantitative estimate of drug-likeness (QED) is 0.480. The maximum Gasteiger partial charge on any atom is 0.234 e. The zero-order valence-corrected chi connectivity index (χ0v) is 16.5. The molecule has 148 valence electrons. The molecule has 0 bridgehead atoms. The highest BCUT2D eigenvalue weighted by Gasteiger charge is 2.28. The first-order valence-corrected chi connectivity index (χ1v) is 10.1. The van der Waals surface area contributed by atoms with Gasteiger partial charge in [-0.1, -0.05) is 35.6 Å². The second-order valence-corrected chi connectivity index (χ2v) is 7.32. The first kappa shape index (κ1) is 17.7. The molecular formula is C20H18N4O4S. The highest BCUT2D eigenvalue weighted by atomic mass is 32.1. The van der Waals surface area contributed by atoms with E-state index in [1.54, 1.807) is 4.52 Å². The second-order valence-electron chi connectivity index (χ2n) is 6.28. The van der Waals surface area contributed by atoms with Gasteiger partial charge in [0.25, 0.3) is 0 Å². The van der Waals surface area contributed by atoms with E-state index >= 15 is 0 Å². The third-order valence-corrected chi connectivity index (χ3v) is 5.23. The lowest BCUT2D eigenvalue weighted by Crippen LogP contribution is -2.23. The Kier molecular flexibility index (Phi) is 4.65. The minimum atomic E-state index is -0.380. The van der Waals surface area contributed by atoms with Crippen LogP contribution in [-0.4, -0.2) is 33.0 Å². The van der Waals surface area contributed by atoms with Crippen molar-refractivity contribution in [2.24, 2.45) is 0 Å².